The number of benzene rings is 2. The summed E-state index contributed by atoms with van der Waals surface area (Å²) >= 11 is 0. The standard InChI is InChI=1S/C23H25N5O/c1-16(2)13-21-24-22(27(3)26-21)15-28-23(29)19-12-8-7-11-18(19)20(25-28)14-17-9-5-4-6-10-17/h4-12,16H,13-15H2,1-3H3. The highest BCUT2D eigenvalue weighted by molar-refractivity contribution is 5.83. The van der Waals surface area contributed by atoms with Gasteiger partial charge in [0, 0.05) is 25.3 Å². The molecule has 29 heavy (non-hydrogen) atoms. The number of nitrogens with zero attached hydrogens (tertiary/aromatic N) is 5. The summed E-state index contributed by atoms with van der Waals surface area (Å²) in [7, 11) is 1.86. The van der Waals surface area contributed by atoms with E-state index < -0.39 is 0 Å². The average molecular weight is 387 g/mol. The zero-order valence-electron chi connectivity index (χ0n) is 17.0. The minimum atomic E-state index is -0.106. The molecule has 0 saturated carbocycles. The van der Waals surface area contributed by atoms with Gasteiger partial charge in [0.1, 0.15) is 12.4 Å². The Morgan fingerprint density at radius 3 is 2.34 bits per heavy atom. The van der Waals surface area contributed by atoms with E-state index in [0.29, 0.717) is 24.3 Å². The summed E-state index contributed by atoms with van der Waals surface area (Å²) in [6.45, 7) is 4.58. The van der Waals surface area contributed by atoms with E-state index in [2.05, 4.69) is 36.1 Å². The maximum atomic E-state index is 13.1. The lowest BCUT2D eigenvalue weighted by molar-refractivity contribution is 0.576. The Morgan fingerprint density at radius 2 is 1.62 bits per heavy atom. The smallest absolute Gasteiger partial charge is 0.267 e. The summed E-state index contributed by atoms with van der Waals surface area (Å²) in [5.41, 5.74) is 1.94. The number of fused-ring (bicyclic) bond motifs is 1. The van der Waals surface area contributed by atoms with Crippen molar-refractivity contribution < 1.29 is 0 Å². The molecule has 0 aliphatic carbocycles. The molecule has 4 rings (SSSR count). The molecule has 0 unspecified atom stereocenters. The fourth-order valence-electron chi connectivity index (χ4n) is 3.53. The van der Waals surface area contributed by atoms with E-state index in [1.165, 1.54) is 4.68 Å². The first-order chi connectivity index (χ1) is 14.0. The summed E-state index contributed by atoms with van der Waals surface area (Å²) in [6.07, 6.45) is 1.48. The molecule has 6 nitrogen and oxygen atoms in total. The van der Waals surface area contributed by atoms with Crippen LogP contribution < -0.4 is 5.56 Å². The third-order valence-electron chi connectivity index (χ3n) is 4.94. The lowest BCUT2D eigenvalue weighted by Gasteiger charge is -2.11. The monoisotopic (exact) mass is 387 g/mol. The van der Waals surface area contributed by atoms with Crippen LogP contribution in [0.2, 0.25) is 0 Å². The van der Waals surface area contributed by atoms with Crippen molar-refractivity contribution in [3.63, 3.8) is 0 Å². The summed E-state index contributed by atoms with van der Waals surface area (Å²) in [6, 6.07) is 17.9. The van der Waals surface area contributed by atoms with E-state index in [-0.39, 0.29) is 5.56 Å². The highest BCUT2D eigenvalue weighted by Crippen LogP contribution is 2.17. The summed E-state index contributed by atoms with van der Waals surface area (Å²) in [4.78, 5) is 17.7. The number of hydrogen-bond donors (Lipinski definition) is 0. The van der Waals surface area contributed by atoms with Crippen LogP contribution in [0.25, 0.3) is 10.8 Å². The fourth-order valence-corrected chi connectivity index (χ4v) is 3.53. The number of aryl methyl sites for hydroxylation is 1. The highest BCUT2D eigenvalue weighted by atomic mass is 16.1. The van der Waals surface area contributed by atoms with Crippen LogP contribution in [0.1, 0.15) is 36.8 Å². The first-order valence-corrected chi connectivity index (χ1v) is 9.92. The van der Waals surface area contributed by atoms with Crippen molar-refractivity contribution in [2.45, 2.75) is 33.2 Å². The molecule has 0 aliphatic rings. The van der Waals surface area contributed by atoms with E-state index in [9.17, 15) is 4.79 Å². The minimum Gasteiger partial charge on any atom is -0.267 e. The van der Waals surface area contributed by atoms with Crippen molar-refractivity contribution in [1.82, 2.24) is 24.5 Å². The quantitative estimate of drug-likeness (QED) is 0.509. The van der Waals surface area contributed by atoms with Crippen LogP contribution in [0.5, 0.6) is 0 Å². The molecule has 0 N–H and O–H groups in total. The molecular weight excluding hydrogens is 362 g/mol. The number of rotatable bonds is 6. The SMILES string of the molecule is CC(C)Cc1nc(Cn2nc(Cc3ccccc3)c3ccccc3c2=O)n(C)n1. The fraction of sp³-hybridized carbons (Fsp3) is 0.304. The molecule has 4 aromatic rings. The van der Waals surface area contributed by atoms with Gasteiger partial charge in [-0.3, -0.25) is 9.48 Å². The Balaban J connectivity index is 1.76. The molecule has 0 amide bonds. The maximum Gasteiger partial charge on any atom is 0.275 e. The zero-order valence-corrected chi connectivity index (χ0v) is 17.0. The van der Waals surface area contributed by atoms with E-state index in [4.69, 9.17) is 5.10 Å². The van der Waals surface area contributed by atoms with Gasteiger partial charge in [-0.05, 0) is 17.5 Å². The second-order valence-electron chi connectivity index (χ2n) is 7.78. The number of aromatic nitrogens is 5. The molecular formula is C23H25N5O. The summed E-state index contributed by atoms with van der Waals surface area (Å²) < 4.78 is 3.27. The van der Waals surface area contributed by atoms with Crippen LogP contribution in [-0.4, -0.2) is 24.5 Å². The van der Waals surface area contributed by atoms with Gasteiger partial charge in [-0.25, -0.2) is 9.67 Å². The maximum absolute atomic E-state index is 13.1. The van der Waals surface area contributed by atoms with Crippen LogP contribution >= 0.6 is 0 Å². The van der Waals surface area contributed by atoms with Crippen LogP contribution in [0.3, 0.4) is 0 Å². The largest absolute Gasteiger partial charge is 0.275 e. The molecule has 0 atom stereocenters. The van der Waals surface area contributed by atoms with Crippen LogP contribution in [0.4, 0.5) is 0 Å². The van der Waals surface area contributed by atoms with Gasteiger partial charge < -0.3 is 0 Å². The molecule has 0 radical (unpaired) electrons. The second-order valence-corrected chi connectivity index (χ2v) is 7.78. The van der Waals surface area contributed by atoms with Gasteiger partial charge in [0.15, 0.2) is 5.82 Å². The second kappa shape index (κ2) is 7.99. The van der Waals surface area contributed by atoms with Crippen molar-refractivity contribution in [1.29, 1.82) is 0 Å². The average Bonchev–Trinajstić information content (AvgIpc) is 3.04. The van der Waals surface area contributed by atoms with Crippen molar-refractivity contribution >= 4 is 10.8 Å². The van der Waals surface area contributed by atoms with Gasteiger partial charge in [0.25, 0.3) is 5.56 Å². The molecule has 148 valence electrons. The third-order valence-corrected chi connectivity index (χ3v) is 4.94. The minimum absolute atomic E-state index is 0.106. The number of hydrogen-bond acceptors (Lipinski definition) is 4. The highest BCUT2D eigenvalue weighted by Gasteiger charge is 2.14. The van der Waals surface area contributed by atoms with Crippen LogP contribution in [0, 0.1) is 5.92 Å². The Labute approximate surface area is 169 Å². The molecule has 2 aromatic heterocycles. The molecule has 0 bridgehead atoms. The lowest BCUT2D eigenvalue weighted by atomic mass is 10.0. The lowest BCUT2D eigenvalue weighted by Crippen LogP contribution is -2.26. The molecule has 2 heterocycles. The van der Waals surface area contributed by atoms with E-state index in [0.717, 1.165) is 34.7 Å². The van der Waals surface area contributed by atoms with Gasteiger partial charge in [-0.15, -0.1) is 0 Å². The topological polar surface area (TPSA) is 65.6 Å². The molecule has 6 heteroatoms. The summed E-state index contributed by atoms with van der Waals surface area (Å²) in [5.74, 6) is 2.01. The molecule has 0 aliphatic heterocycles. The first-order valence-electron chi connectivity index (χ1n) is 9.92. The van der Waals surface area contributed by atoms with Crippen LogP contribution in [-0.2, 0) is 26.4 Å². The van der Waals surface area contributed by atoms with Gasteiger partial charge in [-0.2, -0.15) is 10.2 Å². The summed E-state index contributed by atoms with van der Waals surface area (Å²) in [5, 5.41) is 10.8. The molecule has 0 saturated heterocycles. The van der Waals surface area contributed by atoms with Gasteiger partial charge >= 0.3 is 0 Å². The molecule has 0 fully saturated rings. The van der Waals surface area contributed by atoms with Crippen molar-refractivity contribution in [2.24, 2.45) is 13.0 Å². The van der Waals surface area contributed by atoms with E-state index in [1.54, 1.807) is 4.68 Å². The molecule has 0 spiro atoms. The Morgan fingerprint density at radius 1 is 0.931 bits per heavy atom. The van der Waals surface area contributed by atoms with Gasteiger partial charge in [-0.1, -0.05) is 62.4 Å². The van der Waals surface area contributed by atoms with E-state index in [1.807, 2.05) is 49.5 Å². The Bertz CT molecular complexity index is 1190. The first kappa shape index (κ1) is 19.1. The van der Waals surface area contributed by atoms with Crippen molar-refractivity contribution in [3.8, 4) is 0 Å². The normalized spacial score (nSPS) is 11.4. The van der Waals surface area contributed by atoms with Crippen molar-refractivity contribution in [3.05, 3.63) is 87.9 Å². The van der Waals surface area contributed by atoms with Crippen molar-refractivity contribution in [2.75, 3.05) is 0 Å². The Hall–Kier alpha value is -3.28. The predicted molar refractivity (Wildman–Crippen MR) is 114 cm³/mol. The van der Waals surface area contributed by atoms with Gasteiger partial charge in [0.05, 0.1) is 11.1 Å². The van der Waals surface area contributed by atoms with Crippen LogP contribution in [0.15, 0.2) is 59.4 Å². The zero-order chi connectivity index (χ0) is 20.4. The Kier molecular flexibility index (Phi) is 5.25. The van der Waals surface area contributed by atoms with Gasteiger partial charge in [0.2, 0.25) is 0 Å². The molecule has 2 aromatic carbocycles. The van der Waals surface area contributed by atoms with E-state index >= 15 is 0 Å². The third kappa shape index (κ3) is 4.11. The predicted octanol–water partition coefficient (Wildman–Crippen LogP) is 3.36.